The summed E-state index contributed by atoms with van der Waals surface area (Å²) in [5.74, 6) is 1.27. The largest absolute Gasteiger partial charge is 0.493 e. The average molecular weight is 476 g/mol. The number of carbonyl (C=O) groups excluding carboxylic acids is 2. The van der Waals surface area contributed by atoms with E-state index in [4.69, 9.17) is 14.2 Å². The van der Waals surface area contributed by atoms with E-state index in [1.54, 1.807) is 19.2 Å². The molecule has 0 aliphatic carbocycles. The van der Waals surface area contributed by atoms with Crippen molar-refractivity contribution in [2.24, 2.45) is 0 Å². The molecule has 1 aromatic carbocycles. The molecule has 0 unspecified atom stereocenters. The molecule has 0 atom stereocenters. The summed E-state index contributed by atoms with van der Waals surface area (Å²) >= 11 is 1.51. The number of methoxy groups -OCH3 is 3. The van der Waals surface area contributed by atoms with Gasteiger partial charge >= 0.3 is 0 Å². The lowest BCUT2D eigenvalue weighted by molar-refractivity contribution is 0.0708. The standard InChI is InChI=1S/C24H33N3O5S/c1-7-24(2,3)26-21(28)17-14-33-22(25-17)15-10-12-27(13-11-15)23(29)16-8-9-18(30-4)20(32-6)19(16)31-5/h8-9,14-15H,7,10-13H2,1-6H3,(H,26,28). The van der Waals surface area contributed by atoms with Crippen LogP contribution < -0.4 is 19.5 Å². The number of aromatic nitrogens is 1. The van der Waals surface area contributed by atoms with Crippen molar-refractivity contribution in [2.75, 3.05) is 34.4 Å². The number of carbonyl (C=O) groups is 2. The molecule has 1 N–H and O–H groups in total. The Balaban J connectivity index is 1.67. The number of ether oxygens (including phenoxy) is 3. The number of rotatable bonds is 8. The zero-order valence-electron chi connectivity index (χ0n) is 20.2. The van der Waals surface area contributed by atoms with Crippen molar-refractivity contribution in [1.82, 2.24) is 15.2 Å². The molecule has 9 heteroatoms. The Kier molecular flexibility index (Phi) is 7.84. The molecule has 33 heavy (non-hydrogen) atoms. The number of nitrogens with zero attached hydrogens (tertiary/aromatic N) is 2. The zero-order valence-corrected chi connectivity index (χ0v) is 21.0. The smallest absolute Gasteiger partial charge is 0.271 e. The van der Waals surface area contributed by atoms with Crippen LogP contribution >= 0.6 is 11.3 Å². The number of amides is 2. The molecular formula is C24H33N3O5S. The van der Waals surface area contributed by atoms with Gasteiger partial charge < -0.3 is 24.4 Å². The number of hydrogen-bond acceptors (Lipinski definition) is 7. The fraction of sp³-hybridized carbons (Fsp3) is 0.542. The highest BCUT2D eigenvalue weighted by Crippen LogP contribution is 2.40. The molecular weight excluding hydrogens is 442 g/mol. The van der Waals surface area contributed by atoms with Crippen molar-refractivity contribution in [1.29, 1.82) is 0 Å². The van der Waals surface area contributed by atoms with Gasteiger partial charge in [0.1, 0.15) is 5.69 Å². The van der Waals surface area contributed by atoms with Gasteiger partial charge in [-0.2, -0.15) is 0 Å². The molecule has 8 nitrogen and oxygen atoms in total. The maximum atomic E-state index is 13.2. The Bertz CT molecular complexity index is 996. The summed E-state index contributed by atoms with van der Waals surface area (Å²) in [7, 11) is 4.58. The molecule has 0 radical (unpaired) electrons. The zero-order chi connectivity index (χ0) is 24.2. The summed E-state index contributed by atoms with van der Waals surface area (Å²) < 4.78 is 16.2. The van der Waals surface area contributed by atoms with Crippen molar-refractivity contribution < 1.29 is 23.8 Å². The Morgan fingerprint density at radius 3 is 2.36 bits per heavy atom. The highest BCUT2D eigenvalue weighted by atomic mass is 32.1. The molecule has 180 valence electrons. The molecule has 2 aromatic rings. The van der Waals surface area contributed by atoms with Gasteiger partial charge in [-0.3, -0.25) is 9.59 Å². The predicted molar refractivity (Wildman–Crippen MR) is 128 cm³/mol. The van der Waals surface area contributed by atoms with Crippen LogP contribution in [0.5, 0.6) is 17.2 Å². The SMILES string of the molecule is CCC(C)(C)NC(=O)c1csc(C2CCN(C(=O)c3ccc(OC)c(OC)c3OC)CC2)n1. The first kappa shape index (κ1) is 24.8. The highest BCUT2D eigenvalue weighted by molar-refractivity contribution is 7.09. The molecule has 2 amide bonds. The molecule has 1 aliphatic heterocycles. The molecule has 2 heterocycles. The minimum Gasteiger partial charge on any atom is -0.493 e. The van der Waals surface area contributed by atoms with E-state index in [2.05, 4.69) is 10.3 Å². The summed E-state index contributed by atoms with van der Waals surface area (Å²) in [4.78, 5) is 32.2. The second-order valence-electron chi connectivity index (χ2n) is 8.71. The Labute approximate surface area is 199 Å². The number of piperidine rings is 1. The van der Waals surface area contributed by atoms with Gasteiger partial charge in [0.15, 0.2) is 11.5 Å². The van der Waals surface area contributed by atoms with Crippen LogP contribution in [0.25, 0.3) is 0 Å². The van der Waals surface area contributed by atoms with E-state index in [1.807, 2.05) is 31.1 Å². The van der Waals surface area contributed by atoms with Crippen LogP contribution in [0.4, 0.5) is 0 Å². The third kappa shape index (κ3) is 5.40. The molecule has 1 saturated heterocycles. The molecule has 3 rings (SSSR count). The van der Waals surface area contributed by atoms with Crippen molar-refractivity contribution in [3.8, 4) is 17.2 Å². The number of hydrogen-bond donors (Lipinski definition) is 1. The Morgan fingerprint density at radius 2 is 1.79 bits per heavy atom. The van der Waals surface area contributed by atoms with Crippen LogP contribution in [-0.4, -0.2) is 61.7 Å². The van der Waals surface area contributed by atoms with Crippen LogP contribution in [0, 0.1) is 0 Å². The molecule has 1 fully saturated rings. The van der Waals surface area contributed by atoms with E-state index < -0.39 is 0 Å². The first-order chi connectivity index (χ1) is 15.7. The maximum Gasteiger partial charge on any atom is 0.271 e. The van der Waals surface area contributed by atoms with Gasteiger partial charge in [0.05, 0.1) is 31.9 Å². The van der Waals surface area contributed by atoms with Crippen LogP contribution in [0.1, 0.15) is 71.8 Å². The van der Waals surface area contributed by atoms with Crippen LogP contribution in [-0.2, 0) is 0 Å². The minimum atomic E-state index is -0.266. The number of thiazole rings is 1. The normalized spacial score (nSPS) is 14.7. The number of nitrogens with one attached hydrogen (secondary N) is 1. The average Bonchev–Trinajstić information content (AvgIpc) is 3.33. The maximum absolute atomic E-state index is 13.2. The van der Waals surface area contributed by atoms with Gasteiger partial charge in [-0.15, -0.1) is 11.3 Å². The summed E-state index contributed by atoms with van der Waals surface area (Å²) in [6, 6.07) is 3.42. The first-order valence-corrected chi connectivity index (χ1v) is 12.0. The summed E-state index contributed by atoms with van der Waals surface area (Å²) in [5.41, 5.74) is 0.642. The van der Waals surface area contributed by atoms with Gasteiger partial charge in [0, 0.05) is 29.9 Å². The van der Waals surface area contributed by atoms with Crippen molar-refractivity contribution >= 4 is 23.2 Å². The monoisotopic (exact) mass is 475 g/mol. The van der Waals surface area contributed by atoms with Crippen LogP contribution in [0.15, 0.2) is 17.5 Å². The van der Waals surface area contributed by atoms with E-state index in [-0.39, 0.29) is 23.3 Å². The summed E-state index contributed by atoms with van der Waals surface area (Å²) in [5, 5.41) is 5.80. The van der Waals surface area contributed by atoms with E-state index in [1.165, 1.54) is 25.6 Å². The lowest BCUT2D eigenvalue weighted by Crippen LogP contribution is -2.42. The van der Waals surface area contributed by atoms with Crippen molar-refractivity contribution in [3.05, 3.63) is 33.8 Å². The van der Waals surface area contributed by atoms with E-state index >= 15 is 0 Å². The Morgan fingerprint density at radius 1 is 1.12 bits per heavy atom. The lowest BCUT2D eigenvalue weighted by Gasteiger charge is -2.31. The molecule has 0 saturated carbocycles. The van der Waals surface area contributed by atoms with Crippen molar-refractivity contribution in [3.63, 3.8) is 0 Å². The second-order valence-corrected chi connectivity index (χ2v) is 9.60. The predicted octanol–water partition coefficient (Wildman–Crippen LogP) is 4.11. The third-order valence-electron chi connectivity index (χ3n) is 6.16. The van der Waals surface area contributed by atoms with Gasteiger partial charge in [-0.25, -0.2) is 4.98 Å². The highest BCUT2D eigenvalue weighted by Gasteiger charge is 2.30. The molecule has 0 bridgehead atoms. The van der Waals surface area contributed by atoms with Crippen LogP contribution in [0.3, 0.4) is 0 Å². The fourth-order valence-corrected chi connectivity index (χ4v) is 4.78. The van der Waals surface area contributed by atoms with E-state index in [9.17, 15) is 9.59 Å². The molecule has 0 spiro atoms. The number of benzene rings is 1. The van der Waals surface area contributed by atoms with Gasteiger partial charge in [-0.1, -0.05) is 6.92 Å². The lowest BCUT2D eigenvalue weighted by atomic mass is 9.96. The first-order valence-electron chi connectivity index (χ1n) is 11.1. The minimum absolute atomic E-state index is 0.104. The molecule has 1 aromatic heterocycles. The van der Waals surface area contributed by atoms with Crippen LogP contribution in [0.2, 0.25) is 0 Å². The topological polar surface area (TPSA) is 90.0 Å². The van der Waals surface area contributed by atoms with E-state index in [0.29, 0.717) is 41.6 Å². The number of likely N-dealkylation sites (tertiary alicyclic amines) is 1. The van der Waals surface area contributed by atoms with E-state index in [0.717, 1.165) is 24.3 Å². The van der Waals surface area contributed by atoms with Gasteiger partial charge in [0.25, 0.3) is 11.8 Å². The van der Waals surface area contributed by atoms with Gasteiger partial charge in [-0.05, 0) is 45.2 Å². The summed E-state index contributed by atoms with van der Waals surface area (Å²) in [6.07, 6.45) is 2.42. The quantitative estimate of drug-likeness (QED) is 0.618. The third-order valence-corrected chi connectivity index (χ3v) is 7.16. The summed E-state index contributed by atoms with van der Waals surface area (Å²) in [6.45, 7) is 7.24. The second kappa shape index (κ2) is 10.4. The van der Waals surface area contributed by atoms with Crippen molar-refractivity contribution in [2.45, 2.75) is 51.5 Å². The Hall–Kier alpha value is -2.81. The fourth-order valence-electron chi connectivity index (χ4n) is 3.81. The molecule has 1 aliphatic rings. The van der Waals surface area contributed by atoms with Gasteiger partial charge in [0.2, 0.25) is 5.75 Å².